The van der Waals surface area contributed by atoms with Crippen LogP contribution in [0, 0.1) is 5.82 Å². The molecule has 5 rings (SSSR count). The van der Waals surface area contributed by atoms with Crippen molar-refractivity contribution in [3.8, 4) is 5.82 Å². The van der Waals surface area contributed by atoms with Crippen LogP contribution in [-0.4, -0.2) is 35.1 Å². The van der Waals surface area contributed by atoms with Gasteiger partial charge in [0.05, 0.1) is 19.2 Å². The Morgan fingerprint density at radius 1 is 1.14 bits per heavy atom. The average Bonchev–Trinajstić information content (AvgIpc) is 3.28. The van der Waals surface area contributed by atoms with Crippen molar-refractivity contribution in [3.63, 3.8) is 0 Å². The van der Waals surface area contributed by atoms with Gasteiger partial charge in [-0.25, -0.2) is 17.5 Å². The molecule has 0 amide bonds. The maximum Gasteiger partial charge on any atom is 0.267 e. The van der Waals surface area contributed by atoms with Crippen molar-refractivity contribution in [2.75, 3.05) is 11.8 Å². The van der Waals surface area contributed by atoms with E-state index in [4.69, 9.17) is 4.74 Å². The monoisotopic (exact) mass is 506 g/mol. The van der Waals surface area contributed by atoms with E-state index in [2.05, 4.69) is 9.82 Å². The van der Waals surface area contributed by atoms with Crippen LogP contribution in [0.1, 0.15) is 12.0 Å². The standard InChI is InChI=1S/C26H23FN4O4S/c1-35-22-7-9-23(10-8-22)36(33,34)29-21-4-2-3-18(15-21)17-31-26(32)12-11-25(28-31)30-14-13-19-5-6-20(27)16-24(19)30/h2-9,11-16,23,29H,10,17H2,1H3. The number of hydrogen-bond donors (Lipinski definition) is 1. The van der Waals surface area contributed by atoms with Gasteiger partial charge >= 0.3 is 0 Å². The first-order valence-electron chi connectivity index (χ1n) is 11.2. The molecule has 0 spiro atoms. The molecular formula is C26H23FN4O4S. The first-order valence-corrected chi connectivity index (χ1v) is 12.7. The van der Waals surface area contributed by atoms with E-state index in [0.717, 1.165) is 5.39 Å². The van der Waals surface area contributed by atoms with Crippen molar-refractivity contribution in [2.24, 2.45) is 0 Å². The Morgan fingerprint density at radius 2 is 2.00 bits per heavy atom. The summed E-state index contributed by atoms with van der Waals surface area (Å²) in [6.07, 6.45) is 7.03. The highest BCUT2D eigenvalue weighted by Crippen LogP contribution is 2.22. The molecule has 2 aromatic carbocycles. The highest BCUT2D eigenvalue weighted by Gasteiger charge is 2.24. The third kappa shape index (κ3) is 4.80. The Balaban J connectivity index is 1.38. The molecule has 0 bridgehead atoms. The number of methoxy groups -OCH3 is 1. The van der Waals surface area contributed by atoms with Crippen LogP contribution in [0.3, 0.4) is 0 Å². The number of nitrogens with one attached hydrogen (secondary N) is 1. The Hall–Kier alpha value is -4.18. The van der Waals surface area contributed by atoms with Crippen LogP contribution in [0.25, 0.3) is 16.7 Å². The summed E-state index contributed by atoms with van der Waals surface area (Å²) in [7, 11) is -2.15. The fraction of sp³-hybridized carbons (Fsp3) is 0.154. The zero-order valence-electron chi connectivity index (χ0n) is 19.3. The van der Waals surface area contributed by atoms with Crippen LogP contribution in [0.5, 0.6) is 0 Å². The minimum absolute atomic E-state index is 0.124. The highest BCUT2D eigenvalue weighted by molar-refractivity contribution is 7.93. The first-order chi connectivity index (χ1) is 17.3. The van der Waals surface area contributed by atoms with Crippen LogP contribution in [-0.2, 0) is 21.3 Å². The van der Waals surface area contributed by atoms with Crippen LogP contribution in [0.2, 0.25) is 0 Å². The molecule has 184 valence electrons. The van der Waals surface area contributed by atoms with Gasteiger partial charge in [0, 0.05) is 23.3 Å². The summed E-state index contributed by atoms with van der Waals surface area (Å²) in [5.41, 5.74) is 1.39. The minimum Gasteiger partial charge on any atom is -0.497 e. The van der Waals surface area contributed by atoms with Gasteiger partial charge in [0.2, 0.25) is 10.0 Å². The van der Waals surface area contributed by atoms with Crippen LogP contribution in [0.15, 0.2) is 95.6 Å². The Kier molecular flexibility index (Phi) is 6.19. The van der Waals surface area contributed by atoms with E-state index in [-0.39, 0.29) is 17.9 Å². The van der Waals surface area contributed by atoms with Gasteiger partial charge in [0.25, 0.3) is 5.56 Å². The molecule has 1 N–H and O–H groups in total. The van der Waals surface area contributed by atoms with Crippen molar-refractivity contribution in [1.29, 1.82) is 0 Å². The van der Waals surface area contributed by atoms with Gasteiger partial charge in [-0.1, -0.05) is 18.2 Å². The third-order valence-electron chi connectivity index (χ3n) is 5.93. The predicted octanol–water partition coefficient (Wildman–Crippen LogP) is 3.98. The number of fused-ring (bicyclic) bond motifs is 1. The molecule has 4 aromatic rings. The molecular weight excluding hydrogens is 483 g/mol. The second-order valence-electron chi connectivity index (χ2n) is 8.37. The first kappa shape index (κ1) is 23.6. The number of allylic oxidation sites excluding steroid dienone is 2. The molecule has 1 atom stereocenters. The molecule has 8 nitrogen and oxygen atoms in total. The quantitative estimate of drug-likeness (QED) is 0.409. The van der Waals surface area contributed by atoms with Crippen molar-refractivity contribution in [1.82, 2.24) is 14.3 Å². The lowest BCUT2D eigenvalue weighted by molar-refractivity contribution is 0.303. The van der Waals surface area contributed by atoms with Gasteiger partial charge in [0.15, 0.2) is 5.82 Å². The lowest BCUT2D eigenvalue weighted by Crippen LogP contribution is -2.27. The Bertz CT molecular complexity index is 1670. The number of benzene rings is 2. The van der Waals surface area contributed by atoms with E-state index in [1.165, 1.54) is 30.0 Å². The fourth-order valence-electron chi connectivity index (χ4n) is 4.09. The number of ether oxygens (including phenoxy) is 1. The molecule has 0 aliphatic heterocycles. The summed E-state index contributed by atoms with van der Waals surface area (Å²) in [4.78, 5) is 12.5. The van der Waals surface area contributed by atoms with E-state index in [0.29, 0.717) is 34.8 Å². The summed E-state index contributed by atoms with van der Waals surface area (Å²) in [5, 5.41) is 4.59. The molecule has 0 radical (unpaired) electrons. The van der Waals surface area contributed by atoms with Crippen LogP contribution in [0.4, 0.5) is 10.1 Å². The number of nitrogens with zero attached hydrogens (tertiary/aromatic N) is 3. The van der Waals surface area contributed by atoms with Gasteiger partial charge in [0.1, 0.15) is 16.8 Å². The highest BCUT2D eigenvalue weighted by atomic mass is 32.2. The summed E-state index contributed by atoms with van der Waals surface area (Å²) in [6, 6.07) is 16.1. The molecule has 1 unspecified atom stereocenters. The molecule has 0 saturated carbocycles. The SMILES string of the molecule is COC1=CCC(S(=O)(=O)Nc2cccc(Cn3nc(-n4ccc5ccc(F)cc54)ccc3=O)c2)C=C1. The van der Waals surface area contributed by atoms with E-state index < -0.39 is 15.3 Å². The normalized spacial score (nSPS) is 15.6. The molecule has 10 heteroatoms. The number of sulfonamides is 1. The number of aromatic nitrogens is 3. The molecule has 2 heterocycles. The zero-order valence-corrected chi connectivity index (χ0v) is 20.2. The van der Waals surface area contributed by atoms with Crippen molar-refractivity contribution < 1.29 is 17.5 Å². The lowest BCUT2D eigenvalue weighted by atomic mass is 10.2. The minimum atomic E-state index is -3.68. The molecule has 0 fully saturated rings. The summed E-state index contributed by atoms with van der Waals surface area (Å²) in [5.74, 6) is 0.718. The molecule has 36 heavy (non-hydrogen) atoms. The number of rotatable bonds is 7. The molecule has 1 aliphatic carbocycles. The summed E-state index contributed by atoms with van der Waals surface area (Å²) < 4.78 is 50.2. The number of hydrogen-bond acceptors (Lipinski definition) is 5. The van der Waals surface area contributed by atoms with E-state index >= 15 is 0 Å². The lowest BCUT2D eigenvalue weighted by Gasteiger charge is -2.18. The Labute approximate surface area is 207 Å². The average molecular weight is 507 g/mol. The second-order valence-corrected chi connectivity index (χ2v) is 10.3. The smallest absolute Gasteiger partial charge is 0.267 e. The van der Waals surface area contributed by atoms with E-state index in [1.54, 1.807) is 65.4 Å². The van der Waals surface area contributed by atoms with Gasteiger partial charge < -0.3 is 4.74 Å². The van der Waals surface area contributed by atoms with Crippen molar-refractivity contribution in [2.45, 2.75) is 18.2 Å². The van der Waals surface area contributed by atoms with Crippen molar-refractivity contribution in [3.05, 3.63) is 113 Å². The number of halogens is 1. The predicted molar refractivity (Wildman–Crippen MR) is 136 cm³/mol. The fourth-order valence-corrected chi connectivity index (χ4v) is 5.33. The summed E-state index contributed by atoms with van der Waals surface area (Å²) in [6.45, 7) is 0.124. The van der Waals surface area contributed by atoms with Crippen LogP contribution >= 0.6 is 0 Å². The van der Waals surface area contributed by atoms with Gasteiger partial charge in [-0.05, 0) is 66.6 Å². The molecule has 1 aliphatic rings. The third-order valence-corrected chi connectivity index (χ3v) is 7.60. The molecule has 0 saturated heterocycles. The maximum atomic E-state index is 13.8. The summed E-state index contributed by atoms with van der Waals surface area (Å²) >= 11 is 0. The van der Waals surface area contributed by atoms with E-state index in [1.807, 2.05) is 6.07 Å². The largest absolute Gasteiger partial charge is 0.497 e. The van der Waals surface area contributed by atoms with Crippen LogP contribution < -0.4 is 10.3 Å². The van der Waals surface area contributed by atoms with Gasteiger partial charge in [-0.3, -0.25) is 14.1 Å². The topological polar surface area (TPSA) is 95.2 Å². The Morgan fingerprint density at radius 3 is 2.78 bits per heavy atom. The van der Waals surface area contributed by atoms with Crippen molar-refractivity contribution >= 4 is 26.6 Å². The van der Waals surface area contributed by atoms with Gasteiger partial charge in [-0.2, -0.15) is 5.10 Å². The maximum absolute atomic E-state index is 13.8. The van der Waals surface area contributed by atoms with E-state index in [9.17, 15) is 17.6 Å². The van der Waals surface area contributed by atoms with Gasteiger partial charge in [-0.15, -0.1) is 0 Å². The second kappa shape index (κ2) is 9.46. The number of anilines is 1. The molecule has 2 aromatic heterocycles. The zero-order chi connectivity index (χ0) is 25.3.